The van der Waals surface area contributed by atoms with Gasteiger partial charge in [0.05, 0.1) is 44.7 Å². The minimum Gasteiger partial charge on any atom is -0.377 e. The number of piperidine rings is 1. The second-order valence-corrected chi connectivity index (χ2v) is 10.1. The lowest BCUT2D eigenvalue weighted by Crippen LogP contribution is -2.59. The van der Waals surface area contributed by atoms with Gasteiger partial charge in [0, 0.05) is 19.7 Å². The van der Waals surface area contributed by atoms with Gasteiger partial charge in [-0.05, 0) is 36.0 Å². The molecule has 0 radical (unpaired) electrons. The maximum absolute atomic E-state index is 6.69. The smallest absolute Gasteiger partial charge is 0.102 e. The van der Waals surface area contributed by atoms with E-state index >= 15 is 0 Å². The molecular formula is C32H39NO4. The van der Waals surface area contributed by atoms with Gasteiger partial charge in [-0.15, -0.1) is 0 Å². The Morgan fingerprint density at radius 3 is 1.89 bits per heavy atom. The molecule has 5 rings (SSSR count). The van der Waals surface area contributed by atoms with Crippen molar-refractivity contribution < 1.29 is 18.9 Å². The van der Waals surface area contributed by atoms with Crippen molar-refractivity contribution in [3.8, 4) is 0 Å². The largest absolute Gasteiger partial charge is 0.377 e. The zero-order valence-corrected chi connectivity index (χ0v) is 21.6. The Balaban J connectivity index is 1.32. The highest BCUT2D eigenvalue weighted by Crippen LogP contribution is 2.28. The van der Waals surface area contributed by atoms with E-state index < -0.39 is 0 Å². The fraction of sp³-hybridized carbons (Fsp3) is 0.438. The first-order valence-electron chi connectivity index (χ1n) is 13.6. The molecule has 0 saturated carbocycles. The molecule has 4 atom stereocenters. The van der Waals surface area contributed by atoms with Crippen LogP contribution < -0.4 is 0 Å². The average Bonchev–Trinajstić information content (AvgIpc) is 3.47. The molecule has 2 fully saturated rings. The average molecular weight is 502 g/mol. The molecular weight excluding hydrogens is 462 g/mol. The van der Waals surface area contributed by atoms with E-state index in [1.807, 2.05) is 18.2 Å². The number of hydrogen-bond donors (Lipinski definition) is 0. The molecule has 0 unspecified atom stereocenters. The topological polar surface area (TPSA) is 40.2 Å². The maximum atomic E-state index is 6.69. The van der Waals surface area contributed by atoms with Crippen molar-refractivity contribution in [2.75, 3.05) is 26.3 Å². The van der Waals surface area contributed by atoms with Gasteiger partial charge in [-0.25, -0.2) is 0 Å². The van der Waals surface area contributed by atoms with E-state index in [4.69, 9.17) is 18.9 Å². The van der Waals surface area contributed by atoms with E-state index in [1.165, 1.54) is 16.7 Å². The Hall–Kier alpha value is -2.54. The molecule has 0 spiro atoms. The molecule has 3 aromatic carbocycles. The molecule has 0 amide bonds. The van der Waals surface area contributed by atoms with Crippen LogP contribution in [0, 0.1) is 0 Å². The summed E-state index contributed by atoms with van der Waals surface area (Å²) in [6, 6.07) is 31.3. The van der Waals surface area contributed by atoms with E-state index in [2.05, 4.69) is 77.7 Å². The predicted molar refractivity (Wildman–Crippen MR) is 145 cm³/mol. The summed E-state index contributed by atoms with van der Waals surface area (Å²) in [6.45, 7) is 5.04. The lowest BCUT2D eigenvalue weighted by atomic mass is 9.95. The third-order valence-corrected chi connectivity index (χ3v) is 7.37. The molecule has 3 aromatic rings. The van der Waals surface area contributed by atoms with Crippen molar-refractivity contribution >= 4 is 0 Å². The maximum Gasteiger partial charge on any atom is 0.102 e. The first-order valence-corrected chi connectivity index (χ1v) is 13.6. The van der Waals surface area contributed by atoms with Gasteiger partial charge in [0.25, 0.3) is 0 Å². The number of ether oxygens (including phenoxy) is 4. The normalized spacial score (nSPS) is 24.3. The fourth-order valence-corrected chi connectivity index (χ4v) is 5.37. The van der Waals surface area contributed by atoms with Crippen LogP contribution in [0.2, 0.25) is 0 Å². The molecule has 2 aliphatic rings. The summed E-state index contributed by atoms with van der Waals surface area (Å²) in [7, 11) is 0. The van der Waals surface area contributed by atoms with Gasteiger partial charge in [0.15, 0.2) is 0 Å². The Labute approximate surface area is 221 Å². The summed E-state index contributed by atoms with van der Waals surface area (Å²) >= 11 is 0. The summed E-state index contributed by atoms with van der Waals surface area (Å²) < 4.78 is 25.6. The van der Waals surface area contributed by atoms with E-state index in [1.54, 1.807) is 0 Å². The van der Waals surface area contributed by atoms with Crippen molar-refractivity contribution in [3.05, 3.63) is 108 Å². The SMILES string of the molecule is c1ccc(COC[C@@H]2[C@@H](OCc3ccccc3)[C@H](OCc3ccccc3)CCN2C[C@H]2CCCO2)cc1. The van der Waals surface area contributed by atoms with Gasteiger partial charge in [-0.3, -0.25) is 4.90 Å². The van der Waals surface area contributed by atoms with Gasteiger partial charge >= 0.3 is 0 Å². The van der Waals surface area contributed by atoms with E-state index in [-0.39, 0.29) is 24.4 Å². The fourth-order valence-electron chi connectivity index (χ4n) is 5.37. The van der Waals surface area contributed by atoms with Gasteiger partial charge < -0.3 is 18.9 Å². The number of benzene rings is 3. The third-order valence-electron chi connectivity index (χ3n) is 7.37. The van der Waals surface area contributed by atoms with E-state index in [9.17, 15) is 0 Å². The van der Waals surface area contributed by atoms with Crippen LogP contribution in [0.3, 0.4) is 0 Å². The molecule has 37 heavy (non-hydrogen) atoms. The van der Waals surface area contributed by atoms with Crippen LogP contribution in [0.25, 0.3) is 0 Å². The van der Waals surface area contributed by atoms with Gasteiger partial charge in [-0.1, -0.05) is 91.0 Å². The van der Waals surface area contributed by atoms with Crippen LogP contribution in [-0.4, -0.2) is 55.6 Å². The molecule has 0 aliphatic carbocycles. The van der Waals surface area contributed by atoms with Crippen molar-refractivity contribution in [3.63, 3.8) is 0 Å². The number of likely N-dealkylation sites (tertiary alicyclic amines) is 1. The molecule has 0 N–H and O–H groups in total. The summed E-state index contributed by atoms with van der Waals surface area (Å²) in [5.41, 5.74) is 3.54. The van der Waals surface area contributed by atoms with Crippen LogP contribution in [0.15, 0.2) is 91.0 Å². The number of rotatable bonds is 12. The molecule has 196 valence electrons. The summed E-state index contributed by atoms with van der Waals surface area (Å²) in [4.78, 5) is 2.53. The second-order valence-electron chi connectivity index (χ2n) is 10.1. The molecule has 5 heteroatoms. The van der Waals surface area contributed by atoms with E-state index in [0.29, 0.717) is 26.4 Å². The second kappa shape index (κ2) is 13.8. The number of hydrogen-bond acceptors (Lipinski definition) is 5. The first kappa shape index (κ1) is 26.1. The quantitative estimate of drug-likeness (QED) is 0.322. The lowest BCUT2D eigenvalue weighted by molar-refractivity contribution is -0.161. The molecule has 0 bridgehead atoms. The summed E-state index contributed by atoms with van der Waals surface area (Å²) in [5, 5.41) is 0. The van der Waals surface area contributed by atoms with Crippen LogP contribution in [0.5, 0.6) is 0 Å². The Morgan fingerprint density at radius 2 is 1.30 bits per heavy atom. The van der Waals surface area contributed by atoms with Gasteiger partial charge in [0.1, 0.15) is 6.10 Å². The van der Waals surface area contributed by atoms with Crippen LogP contribution in [-0.2, 0) is 38.8 Å². The molecule has 2 aliphatic heterocycles. The van der Waals surface area contributed by atoms with Gasteiger partial charge in [-0.2, -0.15) is 0 Å². The summed E-state index contributed by atoms with van der Waals surface area (Å²) in [6.07, 6.45) is 3.37. The van der Waals surface area contributed by atoms with Crippen LogP contribution in [0.1, 0.15) is 36.0 Å². The molecule has 2 heterocycles. The minimum atomic E-state index is -0.102. The van der Waals surface area contributed by atoms with Crippen LogP contribution >= 0.6 is 0 Å². The Morgan fingerprint density at radius 1 is 0.703 bits per heavy atom. The highest BCUT2D eigenvalue weighted by atomic mass is 16.5. The zero-order valence-electron chi connectivity index (χ0n) is 21.6. The summed E-state index contributed by atoms with van der Waals surface area (Å²) in [5.74, 6) is 0. The van der Waals surface area contributed by atoms with Crippen molar-refractivity contribution in [2.45, 2.75) is 63.4 Å². The number of nitrogens with zero attached hydrogens (tertiary/aromatic N) is 1. The lowest BCUT2D eigenvalue weighted by Gasteiger charge is -2.45. The monoisotopic (exact) mass is 501 g/mol. The molecule has 2 saturated heterocycles. The molecule has 0 aromatic heterocycles. The van der Waals surface area contributed by atoms with E-state index in [0.717, 1.165) is 39.0 Å². The minimum absolute atomic E-state index is 0.00464. The van der Waals surface area contributed by atoms with Crippen molar-refractivity contribution in [2.24, 2.45) is 0 Å². The Bertz CT molecular complexity index is 1030. The highest BCUT2D eigenvalue weighted by Gasteiger charge is 2.41. The predicted octanol–water partition coefficient (Wildman–Crippen LogP) is 5.63. The van der Waals surface area contributed by atoms with Crippen LogP contribution in [0.4, 0.5) is 0 Å². The Kier molecular flexibility index (Phi) is 9.76. The first-order chi connectivity index (χ1) is 18.3. The third kappa shape index (κ3) is 7.73. The standard InChI is InChI=1S/C32H39NO4/c1-4-11-26(12-5-1)22-34-25-30-32(37-24-28-15-8-3-9-16-28)31(36-23-27-13-6-2-7-14-27)18-19-33(30)21-29-17-10-20-35-29/h1-9,11-16,29-32H,10,17-25H2/t29-,30-,31-,32-/m1/s1. The van der Waals surface area contributed by atoms with Crippen molar-refractivity contribution in [1.82, 2.24) is 4.90 Å². The molecule has 5 nitrogen and oxygen atoms in total. The highest BCUT2D eigenvalue weighted by molar-refractivity contribution is 5.15. The van der Waals surface area contributed by atoms with Gasteiger partial charge in [0.2, 0.25) is 0 Å². The van der Waals surface area contributed by atoms with Crippen molar-refractivity contribution in [1.29, 1.82) is 0 Å². The zero-order chi connectivity index (χ0) is 25.1.